The molecule has 2 aromatic carbocycles. The summed E-state index contributed by atoms with van der Waals surface area (Å²) in [7, 11) is 0. The molecule has 0 amide bonds. The van der Waals surface area contributed by atoms with E-state index in [0.29, 0.717) is 0 Å². The van der Waals surface area contributed by atoms with Crippen molar-refractivity contribution in [3.63, 3.8) is 0 Å². The first-order valence-electron chi connectivity index (χ1n) is 10.7. The molecule has 0 atom stereocenters. The average molecular weight is 405 g/mol. The minimum Gasteiger partial charge on any atom is -0.397 e. The topological polar surface area (TPSA) is 45.4 Å². The van der Waals surface area contributed by atoms with Gasteiger partial charge in [0.05, 0.1) is 17.1 Å². The van der Waals surface area contributed by atoms with Crippen molar-refractivity contribution < 1.29 is 4.39 Å². The standard InChI is InChI=1S/C25H29FN4/c26-22-10-4-5-12-25(22)30-16-14-29(15-17-30)13-7-6-11-24-23(27)18-21(19-28-24)20-8-2-1-3-9-20/h1-5,8-10,12,18-19H,6-7,11,13-17,27H2. The SMILES string of the molecule is Nc1cc(-c2ccccc2)cnc1CCCCN1CCN(c2ccccc2F)CC1. The third-order valence-corrected chi connectivity index (χ3v) is 5.81. The number of piperazine rings is 1. The number of halogens is 1. The van der Waals surface area contributed by atoms with Gasteiger partial charge in [-0.3, -0.25) is 9.88 Å². The number of rotatable bonds is 7. The van der Waals surface area contributed by atoms with Gasteiger partial charge in [0.1, 0.15) is 5.82 Å². The second kappa shape index (κ2) is 9.72. The Labute approximate surface area is 178 Å². The minimum absolute atomic E-state index is 0.130. The van der Waals surface area contributed by atoms with Crippen LogP contribution in [0.1, 0.15) is 18.5 Å². The summed E-state index contributed by atoms with van der Waals surface area (Å²) < 4.78 is 14.0. The Morgan fingerprint density at radius 2 is 1.60 bits per heavy atom. The first-order chi connectivity index (χ1) is 14.7. The fraction of sp³-hybridized carbons (Fsp3) is 0.320. The second-order valence-electron chi connectivity index (χ2n) is 7.86. The van der Waals surface area contributed by atoms with Crippen molar-refractivity contribution in [2.24, 2.45) is 0 Å². The van der Waals surface area contributed by atoms with Gasteiger partial charge in [0.15, 0.2) is 0 Å². The van der Waals surface area contributed by atoms with E-state index in [1.807, 2.05) is 42.6 Å². The number of para-hydroxylation sites is 1. The van der Waals surface area contributed by atoms with Crippen molar-refractivity contribution in [2.45, 2.75) is 19.3 Å². The Morgan fingerprint density at radius 3 is 2.33 bits per heavy atom. The molecule has 0 saturated carbocycles. The smallest absolute Gasteiger partial charge is 0.146 e. The van der Waals surface area contributed by atoms with Gasteiger partial charge >= 0.3 is 0 Å². The molecule has 0 aliphatic carbocycles. The fourth-order valence-electron chi connectivity index (χ4n) is 4.06. The first-order valence-corrected chi connectivity index (χ1v) is 10.7. The number of nitrogen functional groups attached to an aromatic ring is 1. The zero-order valence-electron chi connectivity index (χ0n) is 17.3. The maximum atomic E-state index is 14.0. The molecular formula is C25H29FN4. The maximum absolute atomic E-state index is 14.0. The van der Waals surface area contributed by atoms with Crippen molar-refractivity contribution >= 4 is 11.4 Å². The molecule has 4 rings (SSSR count). The molecule has 1 saturated heterocycles. The second-order valence-corrected chi connectivity index (χ2v) is 7.86. The van der Waals surface area contributed by atoms with Crippen LogP contribution < -0.4 is 10.6 Å². The summed E-state index contributed by atoms with van der Waals surface area (Å²) >= 11 is 0. The fourth-order valence-corrected chi connectivity index (χ4v) is 4.06. The van der Waals surface area contributed by atoms with Crippen LogP contribution in [0.5, 0.6) is 0 Å². The summed E-state index contributed by atoms with van der Waals surface area (Å²) in [6.07, 6.45) is 5.00. The van der Waals surface area contributed by atoms with Crippen LogP contribution >= 0.6 is 0 Å². The van der Waals surface area contributed by atoms with E-state index in [1.165, 1.54) is 6.07 Å². The van der Waals surface area contributed by atoms with Gasteiger partial charge in [0.2, 0.25) is 0 Å². The molecule has 0 unspecified atom stereocenters. The molecule has 2 heterocycles. The summed E-state index contributed by atoms with van der Waals surface area (Å²) in [6.45, 7) is 4.75. The lowest BCUT2D eigenvalue weighted by Crippen LogP contribution is -2.46. The molecule has 156 valence electrons. The Balaban J connectivity index is 1.21. The highest BCUT2D eigenvalue weighted by molar-refractivity contribution is 5.67. The quantitative estimate of drug-likeness (QED) is 0.584. The molecule has 30 heavy (non-hydrogen) atoms. The highest BCUT2D eigenvalue weighted by Crippen LogP contribution is 2.23. The van der Waals surface area contributed by atoms with Gasteiger partial charge in [-0.05, 0) is 49.6 Å². The van der Waals surface area contributed by atoms with E-state index in [1.54, 1.807) is 6.07 Å². The van der Waals surface area contributed by atoms with E-state index in [-0.39, 0.29) is 5.82 Å². The molecule has 2 N–H and O–H groups in total. The van der Waals surface area contributed by atoms with Gasteiger partial charge in [0.25, 0.3) is 0 Å². The van der Waals surface area contributed by atoms with Gasteiger partial charge in [0, 0.05) is 37.9 Å². The number of unbranched alkanes of at least 4 members (excludes halogenated alkanes) is 1. The first kappa shape index (κ1) is 20.4. The van der Waals surface area contributed by atoms with Gasteiger partial charge in [-0.25, -0.2) is 4.39 Å². The summed E-state index contributed by atoms with van der Waals surface area (Å²) in [5.74, 6) is -0.130. The summed E-state index contributed by atoms with van der Waals surface area (Å²) in [4.78, 5) is 9.22. The van der Waals surface area contributed by atoms with Crippen LogP contribution in [0, 0.1) is 5.82 Å². The number of anilines is 2. The molecule has 0 spiro atoms. The Bertz CT molecular complexity index is 952. The number of hydrogen-bond acceptors (Lipinski definition) is 4. The number of benzene rings is 2. The summed E-state index contributed by atoms with van der Waals surface area (Å²) in [5.41, 5.74) is 10.9. The van der Waals surface area contributed by atoms with Crippen LogP contribution in [0.2, 0.25) is 0 Å². The Hall–Kier alpha value is -2.92. The van der Waals surface area contributed by atoms with Gasteiger partial charge in [-0.2, -0.15) is 0 Å². The average Bonchev–Trinajstić information content (AvgIpc) is 2.79. The highest BCUT2D eigenvalue weighted by Gasteiger charge is 2.18. The normalized spacial score (nSPS) is 14.8. The largest absolute Gasteiger partial charge is 0.397 e. The summed E-state index contributed by atoms with van der Waals surface area (Å²) in [6, 6.07) is 19.3. The third kappa shape index (κ3) is 4.97. The van der Waals surface area contributed by atoms with Crippen LogP contribution in [0.25, 0.3) is 11.1 Å². The number of nitrogens with two attached hydrogens (primary N) is 1. The molecule has 1 aliphatic rings. The van der Waals surface area contributed by atoms with E-state index < -0.39 is 0 Å². The van der Waals surface area contributed by atoms with Crippen LogP contribution in [0.4, 0.5) is 15.8 Å². The lowest BCUT2D eigenvalue weighted by Gasteiger charge is -2.36. The number of hydrogen-bond donors (Lipinski definition) is 1. The number of aryl methyl sites for hydroxylation is 1. The van der Waals surface area contributed by atoms with E-state index in [9.17, 15) is 4.39 Å². The lowest BCUT2D eigenvalue weighted by molar-refractivity contribution is 0.252. The van der Waals surface area contributed by atoms with Crippen LogP contribution in [-0.4, -0.2) is 42.6 Å². The zero-order chi connectivity index (χ0) is 20.8. The van der Waals surface area contributed by atoms with Crippen molar-refractivity contribution in [3.05, 3.63) is 78.4 Å². The van der Waals surface area contributed by atoms with E-state index in [0.717, 1.165) is 80.2 Å². The molecule has 4 nitrogen and oxygen atoms in total. The Kier molecular flexibility index (Phi) is 6.60. The van der Waals surface area contributed by atoms with E-state index in [2.05, 4.69) is 26.9 Å². The predicted octanol–water partition coefficient (Wildman–Crippen LogP) is 4.61. The molecule has 0 bridgehead atoms. The van der Waals surface area contributed by atoms with E-state index >= 15 is 0 Å². The minimum atomic E-state index is -0.130. The van der Waals surface area contributed by atoms with Gasteiger partial charge in [-0.15, -0.1) is 0 Å². The van der Waals surface area contributed by atoms with Crippen molar-refractivity contribution in [1.82, 2.24) is 9.88 Å². The number of nitrogens with zero attached hydrogens (tertiary/aromatic N) is 3. The molecule has 1 fully saturated rings. The predicted molar refractivity (Wildman–Crippen MR) is 122 cm³/mol. The molecule has 5 heteroatoms. The highest BCUT2D eigenvalue weighted by atomic mass is 19.1. The van der Waals surface area contributed by atoms with E-state index in [4.69, 9.17) is 5.73 Å². The molecule has 3 aromatic rings. The molecule has 1 aliphatic heterocycles. The zero-order valence-corrected chi connectivity index (χ0v) is 17.3. The van der Waals surface area contributed by atoms with Crippen LogP contribution in [0.15, 0.2) is 66.9 Å². The number of aromatic nitrogens is 1. The van der Waals surface area contributed by atoms with Crippen LogP contribution in [-0.2, 0) is 6.42 Å². The van der Waals surface area contributed by atoms with Crippen molar-refractivity contribution in [1.29, 1.82) is 0 Å². The van der Waals surface area contributed by atoms with Crippen molar-refractivity contribution in [3.8, 4) is 11.1 Å². The molecule has 1 aromatic heterocycles. The molecule has 0 radical (unpaired) electrons. The molecular weight excluding hydrogens is 375 g/mol. The maximum Gasteiger partial charge on any atom is 0.146 e. The Morgan fingerprint density at radius 1 is 0.867 bits per heavy atom. The lowest BCUT2D eigenvalue weighted by atomic mass is 10.1. The monoisotopic (exact) mass is 404 g/mol. The summed E-state index contributed by atoms with van der Waals surface area (Å²) in [5, 5.41) is 0. The van der Waals surface area contributed by atoms with Crippen LogP contribution in [0.3, 0.4) is 0 Å². The third-order valence-electron chi connectivity index (χ3n) is 5.81. The number of pyridine rings is 1. The van der Waals surface area contributed by atoms with Gasteiger partial charge in [-0.1, -0.05) is 42.5 Å². The van der Waals surface area contributed by atoms with Crippen molar-refractivity contribution in [2.75, 3.05) is 43.4 Å². The van der Waals surface area contributed by atoms with Gasteiger partial charge < -0.3 is 10.6 Å².